The highest BCUT2D eigenvalue weighted by Gasteiger charge is 2.32. The molecule has 0 unspecified atom stereocenters. The van der Waals surface area contributed by atoms with Gasteiger partial charge in [0.2, 0.25) is 0 Å². The molecule has 0 aliphatic rings. The summed E-state index contributed by atoms with van der Waals surface area (Å²) in [4.78, 5) is 0. The van der Waals surface area contributed by atoms with E-state index < -0.39 is 12.5 Å². The molecule has 2 aromatic carbocycles. The van der Waals surface area contributed by atoms with Crippen LogP contribution >= 0.6 is 0 Å². The van der Waals surface area contributed by atoms with Crippen molar-refractivity contribution in [1.82, 2.24) is 0 Å². The average Bonchev–Trinajstić information content (AvgIpc) is 2.40. The van der Waals surface area contributed by atoms with Crippen molar-refractivity contribution in [2.24, 2.45) is 5.73 Å². The normalized spacial score (nSPS) is 11.3. The zero-order valence-electron chi connectivity index (χ0n) is 9.64. The van der Waals surface area contributed by atoms with Crippen LogP contribution in [0.25, 0.3) is 0 Å². The van der Waals surface area contributed by atoms with Gasteiger partial charge < -0.3 is 10.5 Å². The average molecular weight is 249 g/mol. The van der Waals surface area contributed by atoms with Gasteiger partial charge in [-0.05, 0) is 24.3 Å². The van der Waals surface area contributed by atoms with Crippen LogP contribution in [0, 0.1) is 0 Å². The third-order valence-electron chi connectivity index (χ3n) is 2.51. The van der Waals surface area contributed by atoms with Crippen LogP contribution in [0.5, 0.6) is 11.5 Å². The van der Waals surface area contributed by atoms with Gasteiger partial charge in [-0.2, -0.15) is 8.78 Å². The molecule has 2 aromatic rings. The zero-order chi connectivity index (χ0) is 13.0. The molecule has 2 N–H and O–H groups in total. The van der Waals surface area contributed by atoms with Crippen LogP contribution in [0.2, 0.25) is 0 Å². The molecule has 2 rings (SSSR count). The number of hydrogen-bond acceptors (Lipinski definition) is 2. The van der Waals surface area contributed by atoms with Crippen molar-refractivity contribution in [2.45, 2.75) is 5.92 Å². The van der Waals surface area contributed by atoms with Crippen LogP contribution in [0.1, 0.15) is 5.56 Å². The van der Waals surface area contributed by atoms with Crippen molar-refractivity contribution in [2.75, 3.05) is 6.54 Å². The SMILES string of the molecule is NCC(F)(F)c1ccccc1Oc1ccccc1. The van der Waals surface area contributed by atoms with Gasteiger partial charge in [0.25, 0.3) is 5.92 Å². The Hall–Kier alpha value is -1.94. The number of ether oxygens (including phenoxy) is 1. The highest BCUT2D eigenvalue weighted by Crippen LogP contribution is 2.36. The lowest BCUT2D eigenvalue weighted by Gasteiger charge is -2.18. The summed E-state index contributed by atoms with van der Waals surface area (Å²) in [5.41, 5.74) is 4.90. The van der Waals surface area contributed by atoms with Crippen molar-refractivity contribution < 1.29 is 13.5 Å². The molecule has 2 nitrogen and oxygen atoms in total. The number of nitrogens with two attached hydrogens (primary N) is 1. The van der Waals surface area contributed by atoms with Gasteiger partial charge in [0.05, 0.1) is 12.1 Å². The summed E-state index contributed by atoms with van der Waals surface area (Å²) in [6.45, 7) is -0.748. The highest BCUT2D eigenvalue weighted by atomic mass is 19.3. The maximum Gasteiger partial charge on any atom is 0.288 e. The third-order valence-corrected chi connectivity index (χ3v) is 2.51. The lowest BCUT2D eigenvalue weighted by Crippen LogP contribution is -2.25. The van der Waals surface area contributed by atoms with Gasteiger partial charge in [0.15, 0.2) is 0 Å². The second-order valence-corrected chi connectivity index (χ2v) is 3.82. The smallest absolute Gasteiger partial charge is 0.288 e. The Bertz CT molecular complexity index is 514. The Morgan fingerprint density at radius 1 is 0.944 bits per heavy atom. The van der Waals surface area contributed by atoms with Crippen molar-refractivity contribution in [3.63, 3.8) is 0 Å². The predicted molar refractivity (Wildman–Crippen MR) is 65.9 cm³/mol. The minimum atomic E-state index is -3.09. The lowest BCUT2D eigenvalue weighted by atomic mass is 10.1. The van der Waals surface area contributed by atoms with Gasteiger partial charge in [-0.15, -0.1) is 0 Å². The standard InChI is InChI=1S/C14H13F2NO/c15-14(16,10-17)12-8-4-5-9-13(12)18-11-6-2-1-3-7-11/h1-9H,10,17H2. The van der Waals surface area contributed by atoms with Gasteiger partial charge in [-0.25, -0.2) is 0 Å². The molecule has 0 aliphatic heterocycles. The molecule has 0 saturated heterocycles. The number of halogens is 2. The van der Waals surface area contributed by atoms with E-state index >= 15 is 0 Å². The molecule has 0 atom stereocenters. The Kier molecular flexibility index (Phi) is 3.58. The number of para-hydroxylation sites is 2. The van der Waals surface area contributed by atoms with E-state index in [1.54, 1.807) is 30.3 Å². The van der Waals surface area contributed by atoms with E-state index in [0.29, 0.717) is 5.75 Å². The molecule has 0 amide bonds. The number of alkyl halides is 2. The summed E-state index contributed by atoms with van der Waals surface area (Å²) < 4.78 is 32.7. The van der Waals surface area contributed by atoms with E-state index in [-0.39, 0.29) is 11.3 Å². The quantitative estimate of drug-likeness (QED) is 0.899. The molecule has 0 heterocycles. The molecule has 0 aliphatic carbocycles. The van der Waals surface area contributed by atoms with Gasteiger partial charge in [0, 0.05) is 0 Å². The molecule has 0 saturated carbocycles. The van der Waals surface area contributed by atoms with E-state index in [1.165, 1.54) is 18.2 Å². The van der Waals surface area contributed by atoms with Crippen molar-refractivity contribution in [3.8, 4) is 11.5 Å². The summed E-state index contributed by atoms with van der Waals surface area (Å²) in [5, 5.41) is 0. The molecular weight excluding hydrogens is 236 g/mol. The first kappa shape index (κ1) is 12.5. The van der Waals surface area contributed by atoms with E-state index in [0.717, 1.165) is 0 Å². The minimum Gasteiger partial charge on any atom is -0.457 e. The molecular formula is C14H13F2NO. The van der Waals surface area contributed by atoms with E-state index in [2.05, 4.69) is 0 Å². The maximum atomic E-state index is 13.6. The summed E-state index contributed by atoms with van der Waals surface area (Å²) in [6, 6.07) is 14.8. The topological polar surface area (TPSA) is 35.2 Å². The van der Waals surface area contributed by atoms with Crippen LogP contribution < -0.4 is 10.5 Å². The molecule has 0 aromatic heterocycles. The minimum absolute atomic E-state index is 0.124. The Labute approximate surface area is 104 Å². The van der Waals surface area contributed by atoms with Crippen molar-refractivity contribution in [1.29, 1.82) is 0 Å². The van der Waals surface area contributed by atoms with Gasteiger partial charge in [0.1, 0.15) is 11.5 Å². The van der Waals surface area contributed by atoms with E-state index in [1.807, 2.05) is 6.07 Å². The van der Waals surface area contributed by atoms with Crippen molar-refractivity contribution in [3.05, 3.63) is 60.2 Å². The van der Waals surface area contributed by atoms with Gasteiger partial charge in [-0.3, -0.25) is 0 Å². The highest BCUT2D eigenvalue weighted by molar-refractivity contribution is 5.40. The van der Waals surface area contributed by atoms with Crippen LogP contribution in [-0.4, -0.2) is 6.54 Å². The van der Waals surface area contributed by atoms with Crippen LogP contribution in [-0.2, 0) is 5.92 Å². The fourth-order valence-corrected chi connectivity index (χ4v) is 1.58. The third kappa shape index (κ3) is 2.65. The predicted octanol–water partition coefficient (Wildman–Crippen LogP) is 3.53. The van der Waals surface area contributed by atoms with Gasteiger partial charge >= 0.3 is 0 Å². The fourth-order valence-electron chi connectivity index (χ4n) is 1.58. The Morgan fingerprint density at radius 3 is 2.22 bits per heavy atom. The first-order chi connectivity index (χ1) is 8.63. The fraction of sp³-hybridized carbons (Fsp3) is 0.143. The second-order valence-electron chi connectivity index (χ2n) is 3.82. The summed E-state index contributed by atoms with van der Waals surface area (Å²) in [5.74, 6) is -2.46. The van der Waals surface area contributed by atoms with E-state index in [4.69, 9.17) is 10.5 Å². The molecule has 0 fully saturated rings. The summed E-state index contributed by atoms with van der Waals surface area (Å²) >= 11 is 0. The maximum absolute atomic E-state index is 13.6. The molecule has 4 heteroatoms. The molecule has 0 radical (unpaired) electrons. The zero-order valence-corrected chi connectivity index (χ0v) is 9.64. The number of hydrogen-bond donors (Lipinski definition) is 1. The van der Waals surface area contributed by atoms with Crippen LogP contribution in [0.4, 0.5) is 8.78 Å². The number of rotatable bonds is 4. The summed E-state index contributed by atoms with van der Waals surface area (Å²) in [7, 11) is 0. The van der Waals surface area contributed by atoms with Gasteiger partial charge in [-0.1, -0.05) is 30.3 Å². The van der Waals surface area contributed by atoms with Crippen molar-refractivity contribution >= 4 is 0 Å². The van der Waals surface area contributed by atoms with E-state index in [9.17, 15) is 8.78 Å². The Balaban J connectivity index is 2.34. The second kappa shape index (κ2) is 5.14. The molecule has 0 spiro atoms. The Morgan fingerprint density at radius 2 is 1.56 bits per heavy atom. The summed E-state index contributed by atoms with van der Waals surface area (Å²) in [6.07, 6.45) is 0. The number of benzene rings is 2. The monoisotopic (exact) mass is 249 g/mol. The molecule has 0 bridgehead atoms. The first-order valence-corrected chi connectivity index (χ1v) is 5.54. The van der Waals surface area contributed by atoms with Crippen LogP contribution in [0.15, 0.2) is 54.6 Å². The lowest BCUT2D eigenvalue weighted by molar-refractivity contribution is 0.00411. The molecule has 18 heavy (non-hydrogen) atoms. The first-order valence-electron chi connectivity index (χ1n) is 5.54. The van der Waals surface area contributed by atoms with Crippen LogP contribution in [0.3, 0.4) is 0 Å². The molecule has 94 valence electrons. The largest absolute Gasteiger partial charge is 0.457 e.